The van der Waals surface area contributed by atoms with Gasteiger partial charge in [0.05, 0.1) is 20.6 Å². The van der Waals surface area contributed by atoms with E-state index in [1.807, 2.05) is 29.2 Å². The maximum Gasteiger partial charge on any atom is 0.227 e. The van der Waals surface area contributed by atoms with Gasteiger partial charge in [-0.2, -0.15) is 0 Å². The molecule has 5 heteroatoms. The molecule has 154 valence electrons. The number of hydrogen-bond acceptors (Lipinski definition) is 4. The fourth-order valence-corrected chi connectivity index (χ4v) is 3.62. The summed E-state index contributed by atoms with van der Waals surface area (Å²) < 4.78 is 10.7. The minimum atomic E-state index is -0.0252. The van der Waals surface area contributed by atoms with E-state index in [0.29, 0.717) is 23.8 Å². The molecule has 0 heterocycles. The number of carbonyl (C=O) groups excluding carboxylic acids is 2. The molecule has 0 aliphatic heterocycles. The van der Waals surface area contributed by atoms with Crippen molar-refractivity contribution < 1.29 is 19.1 Å². The summed E-state index contributed by atoms with van der Waals surface area (Å²) in [7, 11) is 3.22. The molecule has 1 saturated carbocycles. The van der Waals surface area contributed by atoms with Crippen LogP contribution in [-0.4, -0.2) is 36.9 Å². The van der Waals surface area contributed by atoms with E-state index in [-0.39, 0.29) is 24.2 Å². The third-order valence-electron chi connectivity index (χ3n) is 5.66. The predicted octanol–water partition coefficient (Wildman–Crippen LogP) is 4.28. The standard InChI is InChI=1S/C24H29NO4/c1-16(19-7-8-19)25(15-18-5-10-22(28-3)11-6-18)24(27)14-21-13-20(17(2)26)9-12-23(21)29-4/h5-6,9-13,16,19H,7-8,14-15H2,1-4H3. The minimum Gasteiger partial charge on any atom is -0.497 e. The monoisotopic (exact) mass is 395 g/mol. The number of ketones is 1. The number of ether oxygens (including phenoxy) is 2. The zero-order valence-electron chi connectivity index (χ0n) is 17.6. The molecule has 0 bridgehead atoms. The molecule has 2 aromatic rings. The summed E-state index contributed by atoms with van der Waals surface area (Å²) in [5.41, 5.74) is 2.40. The molecule has 0 saturated heterocycles. The highest BCUT2D eigenvalue weighted by molar-refractivity contribution is 5.94. The van der Waals surface area contributed by atoms with Crippen LogP contribution < -0.4 is 9.47 Å². The van der Waals surface area contributed by atoms with Gasteiger partial charge in [0.1, 0.15) is 11.5 Å². The second kappa shape index (κ2) is 9.12. The zero-order chi connectivity index (χ0) is 21.0. The smallest absolute Gasteiger partial charge is 0.227 e. The number of Topliss-reactive ketones (excluding diaryl/α,β-unsaturated/α-hetero) is 1. The molecule has 1 amide bonds. The van der Waals surface area contributed by atoms with Crippen molar-refractivity contribution in [2.24, 2.45) is 5.92 Å². The van der Waals surface area contributed by atoms with Crippen molar-refractivity contribution in [3.8, 4) is 11.5 Å². The summed E-state index contributed by atoms with van der Waals surface area (Å²) in [5.74, 6) is 2.00. The lowest BCUT2D eigenvalue weighted by molar-refractivity contribution is -0.133. The summed E-state index contributed by atoms with van der Waals surface area (Å²) in [6, 6.07) is 13.3. The van der Waals surface area contributed by atoms with E-state index >= 15 is 0 Å². The molecule has 5 nitrogen and oxygen atoms in total. The highest BCUT2D eigenvalue weighted by Gasteiger charge is 2.34. The van der Waals surface area contributed by atoms with Gasteiger partial charge >= 0.3 is 0 Å². The van der Waals surface area contributed by atoms with Gasteiger partial charge in [0.25, 0.3) is 0 Å². The van der Waals surface area contributed by atoms with Gasteiger partial charge in [0.2, 0.25) is 5.91 Å². The van der Waals surface area contributed by atoms with Crippen molar-refractivity contribution in [3.63, 3.8) is 0 Å². The Hall–Kier alpha value is -2.82. The molecule has 1 atom stereocenters. The van der Waals surface area contributed by atoms with Crippen molar-refractivity contribution in [2.45, 2.75) is 45.7 Å². The first-order chi connectivity index (χ1) is 13.9. The number of benzene rings is 2. The maximum absolute atomic E-state index is 13.3. The summed E-state index contributed by atoms with van der Waals surface area (Å²) in [6.45, 7) is 4.20. The van der Waals surface area contributed by atoms with Crippen LogP contribution >= 0.6 is 0 Å². The molecule has 1 fully saturated rings. The van der Waals surface area contributed by atoms with Crippen molar-refractivity contribution in [2.75, 3.05) is 14.2 Å². The van der Waals surface area contributed by atoms with Crippen LogP contribution in [-0.2, 0) is 17.8 Å². The highest BCUT2D eigenvalue weighted by atomic mass is 16.5. The zero-order valence-corrected chi connectivity index (χ0v) is 17.6. The van der Waals surface area contributed by atoms with Crippen LogP contribution in [0.1, 0.15) is 48.2 Å². The van der Waals surface area contributed by atoms with Crippen LogP contribution in [0.3, 0.4) is 0 Å². The predicted molar refractivity (Wildman–Crippen MR) is 112 cm³/mol. The van der Waals surface area contributed by atoms with E-state index < -0.39 is 0 Å². The second-order valence-corrected chi connectivity index (χ2v) is 7.71. The third kappa shape index (κ3) is 5.17. The Balaban J connectivity index is 1.83. The van der Waals surface area contributed by atoms with E-state index in [1.54, 1.807) is 32.4 Å². The minimum absolute atomic E-state index is 0.0252. The van der Waals surface area contributed by atoms with Gasteiger partial charge < -0.3 is 14.4 Å². The molecular weight excluding hydrogens is 366 g/mol. The van der Waals surface area contributed by atoms with Crippen molar-refractivity contribution >= 4 is 11.7 Å². The molecule has 0 N–H and O–H groups in total. The maximum atomic E-state index is 13.3. The van der Waals surface area contributed by atoms with E-state index in [1.165, 1.54) is 6.92 Å². The summed E-state index contributed by atoms with van der Waals surface area (Å²) in [5, 5.41) is 0. The van der Waals surface area contributed by atoms with Gasteiger partial charge in [-0.3, -0.25) is 9.59 Å². The van der Waals surface area contributed by atoms with E-state index in [2.05, 4.69) is 6.92 Å². The van der Waals surface area contributed by atoms with Crippen LogP contribution in [0.25, 0.3) is 0 Å². The van der Waals surface area contributed by atoms with Crippen molar-refractivity contribution in [1.82, 2.24) is 4.90 Å². The first-order valence-corrected chi connectivity index (χ1v) is 10.0. The topological polar surface area (TPSA) is 55.8 Å². The molecule has 1 aliphatic carbocycles. The SMILES string of the molecule is COc1ccc(CN(C(=O)Cc2cc(C(C)=O)ccc2OC)C(C)C2CC2)cc1. The molecule has 2 aromatic carbocycles. The molecule has 29 heavy (non-hydrogen) atoms. The number of methoxy groups -OCH3 is 2. The highest BCUT2D eigenvalue weighted by Crippen LogP contribution is 2.36. The molecule has 3 rings (SSSR count). The van der Waals surface area contributed by atoms with Crippen LogP contribution in [0.15, 0.2) is 42.5 Å². The average Bonchev–Trinajstić information content (AvgIpc) is 3.57. The van der Waals surface area contributed by atoms with Gasteiger partial charge in [-0.15, -0.1) is 0 Å². The molecule has 0 radical (unpaired) electrons. The Morgan fingerprint density at radius 3 is 2.31 bits per heavy atom. The fraction of sp³-hybridized carbons (Fsp3) is 0.417. The van der Waals surface area contributed by atoms with Crippen molar-refractivity contribution in [3.05, 3.63) is 59.2 Å². The van der Waals surface area contributed by atoms with Crippen LogP contribution in [0.2, 0.25) is 0 Å². The molecule has 0 spiro atoms. The Kier molecular flexibility index (Phi) is 6.57. The molecular formula is C24H29NO4. The number of nitrogens with zero attached hydrogens (tertiary/aromatic N) is 1. The first kappa shape index (κ1) is 20.9. The Bertz CT molecular complexity index is 871. The second-order valence-electron chi connectivity index (χ2n) is 7.71. The van der Waals surface area contributed by atoms with Gasteiger partial charge in [-0.25, -0.2) is 0 Å². The summed E-state index contributed by atoms with van der Waals surface area (Å²) in [4.78, 5) is 27.1. The van der Waals surface area contributed by atoms with Gasteiger partial charge in [0.15, 0.2) is 5.78 Å². The molecule has 0 aromatic heterocycles. The fourth-order valence-electron chi connectivity index (χ4n) is 3.62. The molecule has 1 unspecified atom stereocenters. The lowest BCUT2D eigenvalue weighted by Gasteiger charge is -2.30. The third-order valence-corrected chi connectivity index (χ3v) is 5.66. The lowest BCUT2D eigenvalue weighted by Crippen LogP contribution is -2.40. The average molecular weight is 395 g/mol. The number of rotatable bonds is 9. The van der Waals surface area contributed by atoms with Crippen molar-refractivity contribution in [1.29, 1.82) is 0 Å². The first-order valence-electron chi connectivity index (χ1n) is 10.0. The summed E-state index contributed by atoms with van der Waals surface area (Å²) in [6.07, 6.45) is 2.53. The largest absolute Gasteiger partial charge is 0.497 e. The van der Waals surface area contributed by atoms with E-state index in [4.69, 9.17) is 9.47 Å². The lowest BCUT2D eigenvalue weighted by atomic mass is 10.0. The Morgan fingerprint density at radius 2 is 1.76 bits per heavy atom. The van der Waals surface area contributed by atoms with Crippen LogP contribution in [0.5, 0.6) is 11.5 Å². The van der Waals surface area contributed by atoms with Crippen LogP contribution in [0, 0.1) is 5.92 Å². The number of amides is 1. The number of hydrogen-bond donors (Lipinski definition) is 0. The number of carbonyl (C=O) groups is 2. The molecule has 1 aliphatic rings. The van der Waals surface area contributed by atoms with Gasteiger partial charge in [-0.05, 0) is 68.5 Å². The Morgan fingerprint density at radius 1 is 1.07 bits per heavy atom. The van der Waals surface area contributed by atoms with Crippen LogP contribution in [0.4, 0.5) is 0 Å². The van der Waals surface area contributed by atoms with E-state index in [9.17, 15) is 9.59 Å². The Labute approximate surface area is 172 Å². The normalized spacial score (nSPS) is 14.2. The van der Waals surface area contributed by atoms with E-state index in [0.717, 1.165) is 29.7 Å². The summed E-state index contributed by atoms with van der Waals surface area (Å²) >= 11 is 0. The van der Waals surface area contributed by atoms with Gasteiger partial charge in [0, 0.05) is 23.7 Å². The quantitative estimate of drug-likeness (QED) is 0.595. The van der Waals surface area contributed by atoms with Gasteiger partial charge in [-0.1, -0.05) is 12.1 Å².